The zero-order valence-electron chi connectivity index (χ0n) is 10.9. The van der Waals surface area contributed by atoms with Gasteiger partial charge in [-0.2, -0.15) is 0 Å². The van der Waals surface area contributed by atoms with Crippen LogP contribution in [-0.2, 0) is 12.8 Å². The van der Waals surface area contributed by atoms with E-state index in [9.17, 15) is 0 Å². The van der Waals surface area contributed by atoms with Crippen LogP contribution >= 0.6 is 0 Å². The lowest BCUT2D eigenvalue weighted by molar-refractivity contribution is 0.837. The number of fused-ring (bicyclic) bond motifs is 1. The molecule has 1 aromatic rings. The molecule has 0 unspecified atom stereocenters. The molecule has 17 heavy (non-hydrogen) atoms. The molecule has 1 aromatic carbocycles. The molecule has 0 fully saturated rings. The summed E-state index contributed by atoms with van der Waals surface area (Å²) in [4.78, 5) is 2.21. The van der Waals surface area contributed by atoms with Crippen LogP contribution in [-0.4, -0.2) is 7.05 Å². The third-order valence-electron chi connectivity index (χ3n) is 3.50. The molecule has 90 valence electrons. The molecule has 0 aromatic heterocycles. The minimum atomic E-state index is 1.08. The topological polar surface area (TPSA) is 3.24 Å². The van der Waals surface area contributed by atoms with Gasteiger partial charge in [-0.25, -0.2) is 0 Å². The Morgan fingerprint density at radius 1 is 1.35 bits per heavy atom. The summed E-state index contributed by atoms with van der Waals surface area (Å²) in [7, 11) is 2.11. The first-order chi connectivity index (χ1) is 8.08. The van der Waals surface area contributed by atoms with Crippen molar-refractivity contribution in [1.82, 2.24) is 0 Å². The number of anilines is 1. The van der Waals surface area contributed by atoms with Gasteiger partial charge in [0, 0.05) is 18.4 Å². The summed E-state index contributed by atoms with van der Waals surface area (Å²) in [6, 6.07) is 6.81. The number of nitrogens with zero attached hydrogens (tertiary/aromatic N) is 1. The first-order valence-electron chi connectivity index (χ1n) is 6.25. The van der Waals surface area contributed by atoms with Crippen LogP contribution < -0.4 is 4.90 Å². The van der Waals surface area contributed by atoms with Gasteiger partial charge in [-0.15, -0.1) is 6.58 Å². The fraction of sp³-hybridized carbons (Fsp3) is 0.375. The van der Waals surface area contributed by atoms with E-state index >= 15 is 0 Å². The van der Waals surface area contributed by atoms with Crippen LogP contribution in [0.5, 0.6) is 0 Å². The summed E-state index contributed by atoms with van der Waals surface area (Å²) in [5.41, 5.74) is 6.67. The molecule has 0 atom stereocenters. The quantitative estimate of drug-likeness (QED) is 0.703. The molecule has 1 heteroatoms. The van der Waals surface area contributed by atoms with Crippen molar-refractivity contribution in [2.45, 2.75) is 32.6 Å². The van der Waals surface area contributed by atoms with E-state index in [1.165, 1.54) is 28.1 Å². The largest absolute Gasteiger partial charge is 0.349 e. The lowest BCUT2D eigenvalue weighted by atomic mass is 9.96. The first-order valence-corrected chi connectivity index (χ1v) is 6.25. The average molecular weight is 227 g/mol. The lowest BCUT2D eigenvalue weighted by Gasteiger charge is -2.30. The van der Waals surface area contributed by atoms with Crippen LogP contribution in [0.25, 0.3) is 0 Å². The Labute approximate surface area is 104 Å². The van der Waals surface area contributed by atoms with Gasteiger partial charge in [0.15, 0.2) is 0 Å². The highest BCUT2D eigenvalue weighted by Gasteiger charge is 2.16. The highest BCUT2D eigenvalue weighted by molar-refractivity contribution is 5.60. The molecule has 0 saturated heterocycles. The Balaban J connectivity index is 2.20. The van der Waals surface area contributed by atoms with Crippen molar-refractivity contribution in [1.29, 1.82) is 0 Å². The molecule has 1 aliphatic rings. The highest BCUT2D eigenvalue weighted by Crippen LogP contribution is 2.31. The number of aryl methyl sites for hydroxylation is 2. The van der Waals surface area contributed by atoms with E-state index < -0.39 is 0 Å². The van der Waals surface area contributed by atoms with Gasteiger partial charge < -0.3 is 4.90 Å². The molecule has 1 aliphatic heterocycles. The fourth-order valence-electron chi connectivity index (χ4n) is 2.30. The van der Waals surface area contributed by atoms with Gasteiger partial charge in [0.05, 0.1) is 0 Å². The number of allylic oxidation sites excluding steroid dienone is 2. The maximum absolute atomic E-state index is 4.09. The number of hydrogen-bond donors (Lipinski definition) is 0. The Kier molecular flexibility index (Phi) is 3.37. The lowest BCUT2D eigenvalue weighted by Crippen LogP contribution is -2.22. The number of hydrogen-bond acceptors (Lipinski definition) is 1. The summed E-state index contributed by atoms with van der Waals surface area (Å²) in [6.07, 6.45) is 4.39. The van der Waals surface area contributed by atoms with Crippen molar-refractivity contribution >= 4 is 5.69 Å². The van der Waals surface area contributed by atoms with Crippen LogP contribution in [0.3, 0.4) is 0 Å². The van der Waals surface area contributed by atoms with Gasteiger partial charge in [-0.1, -0.05) is 24.3 Å². The molecule has 0 saturated carbocycles. The van der Waals surface area contributed by atoms with Crippen molar-refractivity contribution in [3.05, 3.63) is 53.8 Å². The van der Waals surface area contributed by atoms with Crippen molar-refractivity contribution < 1.29 is 0 Å². The van der Waals surface area contributed by atoms with Crippen molar-refractivity contribution in [3.63, 3.8) is 0 Å². The summed E-state index contributed by atoms with van der Waals surface area (Å²) >= 11 is 0. The van der Waals surface area contributed by atoms with Crippen LogP contribution in [0.15, 0.2) is 42.6 Å². The third kappa shape index (κ3) is 2.60. The van der Waals surface area contributed by atoms with Crippen molar-refractivity contribution in [2.24, 2.45) is 0 Å². The second-order valence-electron chi connectivity index (χ2n) is 5.05. The minimum absolute atomic E-state index is 1.08. The molecule has 0 N–H and O–H groups in total. The Bertz CT molecular complexity index is 457. The van der Waals surface area contributed by atoms with Gasteiger partial charge in [0.2, 0.25) is 0 Å². The van der Waals surface area contributed by atoms with E-state index in [0.717, 1.165) is 25.7 Å². The Morgan fingerprint density at radius 2 is 2.12 bits per heavy atom. The van der Waals surface area contributed by atoms with E-state index in [1.54, 1.807) is 0 Å². The zero-order chi connectivity index (χ0) is 12.4. The Morgan fingerprint density at radius 3 is 2.82 bits per heavy atom. The molecular weight excluding hydrogens is 206 g/mol. The molecule has 0 radical (unpaired) electrons. The minimum Gasteiger partial charge on any atom is -0.349 e. The van der Waals surface area contributed by atoms with Crippen molar-refractivity contribution in [2.75, 3.05) is 11.9 Å². The Hall–Kier alpha value is -1.50. The predicted octanol–water partition coefficient (Wildman–Crippen LogP) is 4.09. The van der Waals surface area contributed by atoms with E-state index in [-0.39, 0.29) is 0 Å². The van der Waals surface area contributed by atoms with Gasteiger partial charge >= 0.3 is 0 Å². The van der Waals surface area contributed by atoms with Crippen LogP contribution in [0.4, 0.5) is 5.69 Å². The summed E-state index contributed by atoms with van der Waals surface area (Å²) in [5.74, 6) is 0. The summed E-state index contributed by atoms with van der Waals surface area (Å²) in [6.45, 7) is 10.1. The molecule has 0 amide bonds. The van der Waals surface area contributed by atoms with Gasteiger partial charge in [-0.3, -0.25) is 0 Å². The summed E-state index contributed by atoms with van der Waals surface area (Å²) < 4.78 is 0. The monoisotopic (exact) mass is 227 g/mol. The second kappa shape index (κ2) is 4.79. The molecule has 0 bridgehead atoms. The second-order valence-corrected chi connectivity index (χ2v) is 5.05. The molecule has 2 rings (SSSR count). The molecule has 1 heterocycles. The molecule has 1 nitrogen and oxygen atoms in total. The van der Waals surface area contributed by atoms with Gasteiger partial charge in [0.25, 0.3) is 0 Å². The SMILES string of the molecule is C=C(C)CCc1ccc2c(c1)CCC(=C)N2C. The normalized spacial score (nSPS) is 14.7. The number of benzene rings is 1. The average Bonchev–Trinajstić information content (AvgIpc) is 2.31. The highest BCUT2D eigenvalue weighted by atomic mass is 15.1. The van der Waals surface area contributed by atoms with Gasteiger partial charge in [0.1, 0.15) is 0 Å². The molecule has 0 spiro atoms. The van der Waals surface area contributed by atoms with E-state index in [1.807, 2.05) is 0 Å². The smallest absolute Gasteiger partial charge is 0.0438 e. The van der Waals surface area contributed by atoms with E-state index in [0.29, 0.717) is 0 Å². The number of rotatable bonds is 3. The maximum atomic E-state index is 4.09. The first kappa shape index (κ1) is 12.0. The molecular formula is C16H21N. The van der Waals surface area contributed by atoms with E-state index in [4.69, 9.17) is 0 Å². The van der Waals surface area contributed by atoms with Crippen LogP contribution in [0, 0.1) is 0 Å². The van der Waals surface area contributed by atoms with E-state index in [2.05, 4.69) is 50.2 Å². The van der Waals surface area contributed by atoms with Gasteiger partial charge in [-0.05, 0) is 49.8 Å². The maximum Gasteiger partial charge on any atom is 0.0438 e. The molecule has 0 aliphatic carbocycles. The zero-order valence-corrected chi connectivity index (χ0v) is 10.9. The third-order valence-corrected chi connectivity index (χ3v) is 3.50. The summed E-state index contributed by atoms with van der Waals surface area (Å²) in [5, 5.41) is 0. The van der Waals surface area contributed by atoms with Crippen LogP contribution in [0.1, 0.15) is 30.9 Å². The van der Waals surface area contributed by atoms with Crippen molar-refractivity contribution in [3.8, 4) is 0 Å². The van der Waals surface area contributed by atoms with Crippen LogP contribution in [0.2, 0.25) is 0 Å². The predicted molar refractivity (Wildman–Crippen MR) is 75.4 cm³/mol. The fourth-order valence-corrected chi connectivity index (χ4v) is 2.30. The standard InChI is InChI=1S/C16H21N/c1-12(2)5-7-14-8-10-16-15(11-14)9-6-13(3)17(16)4/h8,10-11H,1,3,5-7,9H2,2,4H3.